The number of hydrogen-bond acceptors (Lipinski definition) is 1. The lowest BCUT2D eigenvalue weighted by molar-refractivity contribution is 0.104. The molecule has 0 heterocycles. The van der Waals surface area contributed by atoms with Crippen molar-refractivity contribution in [1.29, 1.82) is 0 Å². The Bertz CT molecular complexity index is 861. The van der Waals surface area contributed by atoms with Crippen LogP contribution in [0.4, 0.5) is 0 Å². The number of hydrogen-bond donors (Lipinski definition) is 0. The van der Waals surface area contributed by atoms with Crippen LogP contribution < -0.4 is 0 Å². The van der Waals surface area contributed by atoms with E-state index >= 15 is 0 Å². The smallest absolute Gasteiger partial charge is 0.185 e. The number of allylic oxidation sites excluding steroid dienone is 1. The molecule has 0 fully saturated rings. The summed E-state index contributed by atoms with van der Waals surface area (Å²) in [5, 5.41) is 0. The fourth-order valence-electron chi connectivity index (χ4n) is 2.40. The van der Waals surface area contributed by atoms with E-state index in [1.54, 1.807) is 6.08 Å². The van der Waals surface area contributed by atoms with Gasteiger partial charge >= 0.3 is 0 Å². The van der Waals surface area contributed by atoms with E-state index in [9.17, 15) is 4.79 Å². The number of carbonyl (C=O) groups is 1. The first-order valence-electron chi connectivity index (χ1n) is 7.46. The first kappa shape index (κ1) is 16.9. The van der Waals surface area contributed by atoms with Crippen LogP contribution in [0.25, 0.3) is 17.2 Å². The van der Waals surface area contributed by atoms with E-state index in [1.165, 1.54) is 0 Å². The third-order valence-electron chi connectivity index (χ3n) is 3.59. The van der Waals surface area contributed by atoms with Crippen LogP contribution in [0.2, 0.25) is 0 Å². The van der Waals surface area contributed by atoms with E-state index in [0.717, 1.165) is 25.6 Å². The van der Waals surface area contributed by atoms with Crippen molar-refractivity contribution in [3.63, 3.8) is 0 Å². The van der Waals surface area contributed by atoms with Crippen molar-refractivity contribution < 1.29 is 4.79 Å². The van der Waals surface area contributed by atoms with E-state index in [-0.39, 0.29) is 5.78 Å². The van der Waals surface area contributed by atoms with Gasteiger partial charge < -0.3 is 0 Å². The third-order valence-corrected chi connectivity index (χ3v) is 4.50. The molecule has 0 radical (unpaired) electrons. The zero-order valence-electron chi connectivity index (χ0n) is 12.7. The molecular formula is C21H14Br2O. The molecule has 0 amide bonds. The van der Waals surface area contributed by atoms with Crippen molar-refractivity contribution in [2.45, 2.75) is 0 Å². The maximum absolute atomic E-state index is 12.3. The van der Waals surface area contributed by atoms with Crippen LogP contribution in [0.5, 0.6) is 0 Å². The number of benzene rings is 3. The van der Waals surface area contributed by atoms with Crippen LogP contribution in [0.1, 0.15) is 15.9 Å². The summed E-state index contributed by atoms with van der Waals surface area (Å²) in [6.07, 6.45) is 3.43. The summed E-state index contributed by atoms with van der Waals surface area (Å²) in [6, 6.07) is 23.7. The number of carbonyl (C=O) groups excluding carboxylic acids is 1. The van der Waals surface area contributed by atoms with Crippen molar-refractivity contribution in [3.8, 4) is 11.1 Å². The normalized spacial score (nSPS) is 10.9. The summed E-state index contributed by atoms with van der Waals surface area (Å²) in [7, 11) is 0. The van der Waals surface area contributed by atoms with Gasteiger partial charge in [-0.25, -0.2) is 0 Å². The van der Waals surface area contributed by atoms with Crippen LogP contribution in [0.15, 0.2) is 87.8 Å². The van der Waals surface area contributed by atoms with Gasteiger partial charge in [-0.2, -0.15) is 0 Å². The molecule has 0 aliphatic heterocycles. The van der Waals surface area contributed by atoms with Gasteiger partial charge in [-0.15, -0.1) is 0 Å². The quantitative estimate of drug-likeness (QED) is 0.322. The molecule has 0 N–H and O–H groups in total. The van der Waals surface area contributed by atoms with Gasteiger partial charge in [0.15, 0.2) is 5.78 Å². The summed E-state index contributed by atoms with van der Waals surface area (Å²) in [4.78, 5) is 12.3. The van der Waals surface area contributed by atoms with Gasteiger partial charge in [0.25, 0.3) is 0 Å². The lowest BCUT2D eigenvalue weighted by atomic mass is 10.0. The molecule has 0 unspecified atom stereocenters. The molecule has 0 atom stereocenters. The Morgan fingerprint density at radius 1 is 0.750 bits per heavy atom. The van der Waals surface area contributed by atoms with E-state index in [1.807, 2.05) is 66.7 Å². The van der Waals surface area contributed by atoms with Crippen molar-refractivity contribution in [2.24, 2.45) is 0 Å². The Hall–Kier alpha value is -1.97. The Labute approximate surface area is 158 Å². The standard InChI is InChI=1S/C21H14Br2O/c22-19-12-15(13-20(23)14-19)6-11-21(24)18-9-7-17(8-10-18)16-4-2-1-3-5-16/h1-14H/b11-6+. The average molecular weight is 442 g/mol. The summed E-state index contributed by atoms with van der Waals surface area (Å²) in [5.74, 6) is -0.00860. The van der Waals surface area contributed by atoms with Crippen LogP contribution in [-0.2, 0) is 0 Å². The zero-order valence-corrected chi connectivity index (χ0v) is 15.9. The second kappa shape index (κ2) is 7.73. The Balaban J connectivity index is 1.77. The molecule has 0 aliphatic carbocycles. The van der Waals surface area contributed by atoms with Crippen molar-refractivity contribution in [2.75, 3.05) is 0 Å². The molecule has 0 aromatic heterocycles. The van der Waals surface area contributed by atoms with Crippen LogP contribution in [0.3, 0.4) is 0 Å². The second-order valence-electron chi connectivity index (χ2n) is 5.34. The summed E-state index contributed by atoms with van der Waals surface area (Å²) in [6.45, 7) is 0. The predicted octanol–water partition coefficient (Wildman–Crippen LogP) is 6.77. The topological polar surface area (TPSA) is 17.1 Å². The SMILES string of the molecule is O=C(/C=C/c1cc(Br)cc(Br)c1)c1ccc(-c2ccccc2)cc1. The highest BCUT2D eigenvalue weighted by molar-refractivity contribution is 9.11. The van der Waals surface area contributed by atoms with Gasteiger partial charge in [0.2, 0.25) is 0 Å². The Morgan fingerprint density at radius 2 is 1.33 bits per heavy atom. The minimum absolute atomic E-state index is 0.00860. The maximum Gasteiger partial charge on any atom is 0.185 e. The molecule has 0 spiro atoms. The third kappa shape index (κ3) is 4.31. The van der Waals surface area contributed by atoms with E-state index in [4.69, 9.17) is 0 Å². The number of halogens is 2. The maximum atomic E-state index is 12.3. The Kier molecular flexibility index (Phi) is 5.44. The second-order valence-corrected chi connectivity index (χ2v) is 7.18. The van der Waals surface area contributed by atoms with Crippen molar-refractivity contribution in [1.82, 2.24) is 0 Å². The van der Waals surface area contributed by atoms with E-state index in [2.05, 4.69) is 44.0 Å². The summed E-state index contributed by atoms with van der Waals surface area (Å²) >= 11 is 6.89. The molecule has 1 nitrogen and oxygen atoms in total. The number of rotatable bonds is 4. The van der Waals surface area contributed by atoms with Gasteiger partial charge in [-0.05, 0) is 41.0 Å². The van der Waals surface area contributed by atoms with Crippen molar-refractivity contribution in [3.05, 3.63) is 98.9 Å². The monoisotopic (exact) mass is 440 g/mol. The summed E-state index contributed by atoms with van der Waals surface area (Å²) in [5.41, 5.74) is 3.89. The molecule has 0 saturated carbocycles. The molecule has 3 heteroatoms. The molecule has 24 heavy (non-hydrogen) atoms. The fourth-order valence-corrected chi connectivity index (χ4v) is 3.73. The first-order valence-corrected chi connectivity index (χ1v) is 9.04. The highest BCUT2D eigenvalue weighted by Gasteiger charge is 2.03. The predicted molar refractivity (Wildman–Crippen MR) is 107 cm³/mol. The molecule has 118 valence electrons. The number of ketones is 1. The molecule has 0 aliphatic rings. The Morgan fingerprint density at radius 3 is 1.96 bits per heavy atom. The minimum atomic E-state index is -0.00860. The fraction of sp³-hybridized carbons (Fsp3) is 0. The van der Waals surface area contributed by atoms with Crippen molar-refractivity contribution >= 4 is 43.7 Å². The van der Waals surface area contributed by atoms with Crippen LogP contribution in [0, 0.1) is 0 Å². The largest absolute Gasteiger partial charge is 0.289 e. The lowest BCUT2D eigenvalue weighted by Crippen LogP contribution is -1.93. The van der Waals surface area contributed by atoms with Crippen LogP contribution in [-0.4, -0.2) is 5.78 Å². The first-order chi connectivity index (χ1) is 11.6. The van der Waals surface area contributed by atoms with Gasteiger partial charge in [-0.1, -0.05) is 92.5 Å². The summed E-state index contributed by atoms with van der Waals surface area (Å²) < 4.78 is 1.94. The molecule has 0 saturated heterocycles. The molecular weight excluding hydrogens is 428 g/mol. The molecule has 0 bridgehead atoms. The molecule has 3 rings (SSSR count). The van der Waals surface area contributed by atoms with Gasteiger partial charge in [0, 0.05) is 14.5 Å². The van der Waals surface area contributed by atoms with E-state index in [0.29, 0.717) is 5.56 Å². The van der Waals surface area contributed by atoms with Gasteiger partial charge in [-0.3, -0.25) is 4.79 Å². The molecule has 3 aromatic rings. The zero-order chi connectivity index (χ0) is 16.9. The van der Waals surface area contributed by atoms with Gasteiger partial charge in [0.1, 0.15) is 0 Å². The highest BCUT2D eigenvalue weighted by Crippen LogP contribution is 2.22. The lowest BCUT2D eigenvalue weighted by Gasteiger charge is -2.02. The van der Waals surface area contributed by atoms with Gasteiger partial charge in [0.05, 0.1) is 0 Å². The van der Waals surface area contributed by atoms with E-state index < -0.39 is 0 Å². The minimum Gasteiger partial charge on any atom is -0.289 e. The highest BCUT2D eigenvalue weighted by atomic mass is 79.9. The molecule has 3 aromatic carbocycles. The van der Waals surface area contributed by atoms with Crippen LogP contribution >= 0.6 is 31.9 Å². The average Bonchev–Trinajstić information content (AvgIpc) is 2.60.